The van der Waals surface area contributed by atoms with Crippen LogP contribution in [0, 0.1) is 0 Å². The van der Waals surface area contributed by atoms with Crippen molar-refractivity contribution in [1.29, 1.82) is 0 Å². The molecular formula is C28H26N6O2. The molecule has 8 heteroatoms. The summed E-state index contributed by atoms with van der Waals surface area (Å²) in [4.78, 5) is 6.88. The van der Waals surface area contributed by atoms with Gasteiger partial charge in [-0.15, -0.1) is 5.10 Å². The predicted molar refractivity (Wildman–Crippen MR) is 137 cm³/mol. The summed E-state index contributed by atoms with van der Waals surface area (Å²) in [6.07, 6.45) is 2.76. The third-order valence-corrected chi connectivity index (χ3v) is 6.52. The van der Waals surface area contributed by atoms with Gasteiger partial charge < -0.3 is 9.47 Å². The fourth-order valence-corrected chi connectivity index (χ4v) is 4.72. The summed E-state index contributed by atoms with van der Waals surface area (Å²) in [7, 11) is 2.12. The number of hydrogen-bond acceptors (Lipinski definition) is 7. The third kappa shape index (κ3) is 4.27. The highest BCUT2D eigenvalue weighted by molar-refractivity contribution is 5.82. The highest BCUT2D eigenvalue weighted by Gasteiger charge is 2.28. The van der Waals surface area contributed by atoms with Crippen LogP contribution in [0.25, 0.3) is 16.6 Å². The largest absolute Gasteiger partial charge is 0.486 e. The van der Waals surface area contributed by atoms with Crippen LogP contribution in [0.15, 0.2) is 85.1 Å². The number of rotatable bonds is 7. The lowest BCUT2D eigenvalue weighted by molar-refractivity contribution is 0.171. The number of fused-ring (bicyclic) bond motifs is 2. The van der Waals surface area contributed by atoms with Gasteiger partial charge in [0.1, 0.15) is 13.2 Å². The lowest BCUT2D eigenvalue weighted by atomic mass is 9.99. The zero-order valence-electron chi connectivity index (χ0n) is 20.0. The second-order valence-corrected chi connectivity index (χ2v) is 8.81. The van der Waals surface area contributed by atoms with E-state index in [0.29, 0.717) is 19.0 Å². The van der Waals surface area contributed by atoms with Crippen LogP contribution in [0.3, 0.4) is 0 Å². The van der Waals surface area contributed by atoms with E-state index in [-0.39, 0.29) is 6.04 Å². The van der Waals surface area contributed by atoms with Crippen LogP contribution in [0.2, 0.25) is 0 Å². The Morgan fingerprint density at radius 1 is 0.917 bits per heavy atom. The monoisotopic (exact) mass is 478 g/mol. The molecular weight excluding hydrogens is 452 g/mol. The van der Waals surface area contributed by atoms with Gasteiger partial charge >= 0.3 is 0 Å². The minimum atomic E-state index is -0.204. The van der Waals surface area contributed by atoms with E-state index < -0.39 is 0 Å². The molecule has 0 aliphatic carbocycles. The molecule has 3 heterocycles. The molecule has 0 spiro atoms. The first-order valence-corrected chi connectivity index (χ1v) is 12.0. The fraction of sp³-hybridized carbons (Fsp3) is 0.214. The zero-order valence-corrected chi connectivity index (χ0v) is 20.0. The van der Waals surface area contributed by atoms with E-state index in [1.165, 1.54) is 5.56 Å². The van der Waals surface area contributed by atoms with Crippen molar-refractivity contribution in [3.05, 3.63) is 102 Å². The Morgan fingerprint density at radius 3 is 2.61 bits per heavy atom. The summed E-state index contributed by atoms with van der Waals surface area (Å²) in [5, 5.41) is 14.1. The number of nitrogens with zero attached hydrogens (tertiary/aromatic N) is 6. The molecule has 1 aliphatic heterocycles. The fourth-order valence-electron chi connectivity index (χ4n) is 4.72. The highest BCUT2D eigenvalue weighted by Crippen LogP contribution is 2.35. The molecule has 1 aliphatic rings. The van der Waals surface area contributed by atoms with E-state index >= 15 is 0 Å². The van der Waals surface area contributed by atoms with Gasteiger partial charge in [0, 0.05) is 24.2 Å². The standard InChI is InChI=1S/C28H26N6O2/c1-33(16-14-20-7-3-2-4-8-20)27(23-13-15-29-24-10-6-5-9-22(23)24)28-30-31-32-34(28)21-11-12-25-26(19-21)36-18-17-35-25/h2-13,15,19,27H,14,16-18H2,1H3. The molecule has 0 fully saturated rings. The van der Waals surface area contributed by atoms with Crippen molar-refractivity contribution in [3.8, 4) is 17.2 Å². The van der Waals surface area contributed by atoms with Crippen molar-refractivity contribution in [2.24, 2.45) is 0 Å². The summed E-state index contributed by atoms with van der Waals surface area (Å²) in [5.41, 5.74) is 4.15. The Morgan fingerprint density at radius 2 is 1.72 bits per heavy atom. The summed E-state index contributed by atoms with van der Waals surface area (Å²) in [5.74, 6) is 2.15. The first-order chi connectivity index (χ1) is 17.8. The van der Waals surface area contributed by atoms with E-state index in [2.05, 4.69) is 68.9 Å². The van der Waals surface area contributed by atoms with Gasteiger partial charge in [-0.2, -0.15) is 4.68 Å². The van der Waals surface area contributed by atoms with Crippen LogP contribution in [0.1, 0.15) is 23.0 Å². The maximum Gasteiger partial charge on any atom is 0.178 e. The van der Waals surface area contributed by atoms with E-state index in [1.54, 1.807) is 4.68 Å². The Bertz CT molecular complexity index is 1480. The van der Waals surface area contributed by atoms with E-state index in [0.717, 1.165) is 46.7 Å². The van der Waals surface area contributed by atoms with Gasteiger partial charge in [-0.05, 0) is 59.3 Å². The van der Waals surface area contributed by atoms with Crippen LogP contribution in [0.4, 0.5) is 0 Å². The molecule has 180 valence electrons. The van der Waals surface area contributed by atoms with Crippen molar-refractivity contribution < 1.29 is 9.47 Å². The van der Waals surface area contributed by atoms with Crippen LogP contribution in [0.5, 0.6) is 11.5 Å². The number of likely N-dealkylation sites (N-methyl/N-ethyl adjacent to an activating group) is 1. The molecule has 3 aromatic carbocycles. The molecule has 0 radical (unpaired) electrons. The third-order valence-electron chi connectivity index (χ3n) is 6.52. The van der Waals surface area contributed by atoms with Gasteiger partial charge in [-0.1, -0.05) is 48.5 Å². The Balaban J connectivity index is 1.43. The Kier molecular flexibility index (Phi) is 6.01. The molecule has 8 nitrogen and oxygen atoms in total. The Labute approximate surface area is 209 Å². The molecule has 5 aromatic rings. The van der Waals surface area contributed by atoms with Crippen LogP contribution in [-0.2, 0) is 6.42 Å². The number of para-hydroxylation sites is 1. The van der Waals surface area contributed by atoms with Gasteiger partial charge in [-0.3, -0.25) is 9.88 Å². The van der Waals surface area contributed by atoms with Crippen LogP contribution < -0.4 is 9.47 Å². The second kappa shape index (κ2) is 9.75. The van der Waals surface area contributed by atoms with Gasteiger partial charge in [-0.25, -0.2) is 0 Å². The van der Waals surface area contributed by atoms with Crippen molar-refractivity contribution in [3.63, 3.8) is 0 Å². The van der Waals surface area contributed by atoms with Crippen LogP contribution >= 0.6 is 0 Å². The summed E-state index contributed by atoms with van der Waals surface area (Å²) in [6.45, 7) is 1.89. The first kappa shape index (κ1) is 22.2. The van der Waals surface area contributed by atoms with Gasteiger partial charge in [0.2, 0.25) is 0 Å². The van der Waals surface area contributed by atoms with E-state index in [1.807, 2.05) is 48.7 Å². The normalized spacial score (nSPS) is 13.7. The number of ether oxygens (including phenoxy) is 2. The zero-order chi connectivity index (χ0) is 24.3. The topological polar surface area (TPSA) is 78.2 Å². The number of aromatic nitrogens is 5. The maximum atomic E-state index is 5.81. The maximum absolute atomic E-state index is 5.81. The van der Waals surface area contributed by atoms with E-state index in [9.17, 15) is 0 Å². The molecule has 0 N–H and O–H groups in total. The summed E-state index contributed by atoms with van der Waals surface area (Å²) < 4.78 is 13.3. The van der Waals surface area contributed by atoms with Gasteiger partial charge in [0.15, 0.2) is 17.3 Å². The SMILES string of the molecule is CN(CCc1ccccc1)C(c1ccnc2ccccc12)c1nnnn1-c1ccc2c(c1)OCCO2. The van der Waals surface area contributed by atoms with Gasteiger partial charge in [0.25, 0.3) is 0 Å². The molecule has 0 amide bonds. The average molecular weight is 479 g/mol. The molecule has 0 saturated carbocycles. The molecule has 0 saturated heterocycles. The molecule has 2 aromatic heterocycles. The van der Waals surface area contributed by atoms with Crippen molar-refractivity contribution in [2.75, 3.05) is 26.8 Å². The average Bonchev–Trinajstić information content (AvgIpc) is 3.42. The number of pyridine rings is 1. The number of hydrogen-bond donors (Lipinski definition) is 0. The minimum Gasteiger partial charge on any atom is -0.486 e. The van der Waals surface area contributed by atoms with Crippen molar-refractivity contribution in [1.82, 2.24) is 30.1 Å². The smallest absolute Gasteiger partial charge is 0.178 e. The van der Waals surface area contributed by atoms with Crippen LogP contribution in [-0.4, -0.2) is 56.9 Å². The lowest BCUT2D eigenvalue weighted by Gasteiger charge is -2.28. The molecule has 0 bridgehead atoms. The van der Waals surface area contributed by atoms with Gasteiger partial charge in [0.05, 0.1) is 17.2 Å². The molecule has 36 heavy (non-hydrogen) atoms. The molecule has 1 unspecified atom stereocenters. The minimum absolute atomic E-state index is 0.204. The van der Waals surface area contributed by atoms with Crippen molar-refractivity contribution in [2.45, 2.75) is 12.5 Å². The number of tetrazole rings is 1. The van der Waals surface area contributed by atoms with Crippen molar-refractivity contribution >= 4 is 10.9 Å². The molecule has 1 atom stereocenters. The molecule has 6 rings (SSSR count). The quantitative estimate of drug-likeness (QED) is 0.346. The predicted octanol–water partition coefficient (Wildman–Crippen LogP) is 4.25. The lowest BCUT2D eigenvalue weighted by Crippen LogP contribution is -2.30. The number of benzene rings is 3. The first-order valence-electron chi connectivity index (χ1n) is 12.0. The highest BCUT2D eigenvalue weighted by atomic mass is 16.6. The summed E-state index contributed by atoms with van der Waals surface area (Å²) >= 11 is 0. The summed E-state index contributed by atoms with van der Waals surface area (Å²) in [6, 6.07) is 26.3. The van der Waals surface area contributed by atoms with E-state index in [4.69, 9.17) is 9.47 Å². The second-order valence-electron chi connectivity index (χ2n) is 8.81. The Hall–Kier alpha value is -4.30.